The molecule has 0 radical (unpaired) electrons. The van der Waals surface area contributed by atoms with Crippen LogP contribution in [0.4, 0.5) is 5.69 Å². The number of morpholine rings is 1. The number of likely N-dealkylation sites (tertiary alicyclic amines) is 1. The van der Waals surface area contributed by atoms with Crippen molar-refractivity contribution in [2.45, 2.75) is 37.9 Å². The number of carbonyl (C=O) groups is 3. The molecule has 0 aliphatic carbocycles. The molecule has 28 heavy (non-hydrogen) atoms. The van der Waals surface area contributed by atoms with E-state index in [1.165, 1.54) is 0 Å². The second-order valence-corrected chi connectivity index (χ2v) is 7.66. The number of benzene rings is 1. The van der Waals surface area contributed by atoms with Crippen LogP contribution in [0.15, 0.2) is 24.3 Å². The predicted molar refractivity (Wildman–Crippen MR) is 103 cm³/mol. The Morgan fingerprint density at radius 3 is 2.64 bits per heavy atom. The van der Waals surface area contributed by atoms with E-state index in [9.17, 15) is 14.4 Å². The first-order valence-corrected chi connectivity index (χ1v) is 9.85. The Kier molecular flexibility index (Phi) is 4.97. The van der Waals surface area contributed by atoms with Gasteiger partial charge in [-0.25, -0.2) is 0 Å². The number of carbonyl (C=O) groups excluding carboxylic acids is 3. The van der Waals surface area contributed by atoms with Gasteiger partial charge in [0.25, 0.3) is 5.91 Å². The zero-order chi connectivity index (χ0) is 19.7. The van der Waals surface area contributed by atoms with Crippen molar-refractivity contribution in [3.8, 4) is 0 Å². The van der Waals surface area contributed by atoms with Crippen LogP contribution < -0.4 is 10.6 Å². The Hall–Kier alpha value is -2.61. The van der Waals surface area contributed by atoms with Gasteiger partial charge in [-0.05, 0) is 25.5 Å². The van der Waals surface area contributed by atoms with Gasteiger partial charge in [0.1, 0.15) is 11.7 Å². The highest BCUT2D eigenvalue weighted by molar-refractivity contribution is 6.02. The molecular weight excluding hydrogens is 360 g/mol. The molecule has 1 aromatic carbocycles. The molecule has 2 fully saturated rings. The third-order valence-corrected chi connectivity index (χ3v) is 5.91. The number of fused-ring (bicyclic) bond motifs is 1. The van der Waals surface area contributed by atoms with Crippen molar-refractivity contribution in [1.29, 1.82) is 0 Å². The van der Waals surface area contributed by atoms with Gasteiger partial charge in [-0.2, -0.15) is 0 Å². The highest BCUT2D eigenvalue weighted by Crippen LogP contribution is 2.32. The SMILES string of the molecule is CC(C(=O)N1CCOCC1)N1CCC2(CCC1=O)NC(=O)c1ccccc1N2. The van der Waals surface area contributed by atoms with Crippen LogP contribution in [0.2, 0.25) is 0 Å². The minimum atomic E-state index is -0.669. The molecule has 1 spiro atoms. The Morgan fingerprint density at radius 1 is 1.11 bits per heavy atom. The molecule has 3 aliphatic rings. The third-order valence-electron chi connectivity index (χ3n) is 5.91. The van der Waals surface area contributed by atoms with Gasteiger partial charge in [-0.15, -0.1) is 0 Å². The number of anilines is 1. The maximum absolute atomic E-state index is 12.8. The van der Waals surface area contributed by atoms with Gasteiger partial charge in [0, 0.05) is 38.2 Å². The lowest BCUT2D eigenvalue weighted by Gasteiger charge is -2.40. The molecule has 1 aromatic rings. The fourth-order valence-corrected chi connectivity index (χ4v) is 4.23. The number of hydrogen-bond acceptors (Lipinski definition) is 5. The van der Waals surface area contributed by atoms with E-state index < -0.39 is 11.7 Å². The molecule has 2 N–H and O–H groups in total. The first-order valence-electron chi connectivity index (χ1n) is 9.85. The van der Waals surface area contributed by atoms with E-state index >= 15 is 0 Å². The molecular formula is C20H26N4O4. The van der Waals surface area contributed by atoms with Gasteiger partial charge in [-0.3, -0.25) is 14.4 Å². The van der Waals surface area contributed by atoms with E-state index in [-0.39, 0.29) is 24.1 Å². The summed E-state index contributed by atoms with van der Waals surface area (Å²) in [5.74, 6) is -0.229. The van der Waals surface area contributed by atoms with Gasteiger partial charge in [-0.1, -0.05) is 12.1 Å². The largest absolute Gasteiger partial charge is 0.378 e. The summed E-state index contributed by atoms with van der Waals surface area (Å²) in [7, 11) is 0. The number of nitrogens with zero attached hydrogens (tertiary/aromatic N) is 2. The molecule has 8 heteroatoms. The Morgan fingerprint density at radius 2 is 1.86 bits per heavy atom. The quantitative estimate of drug-likeness (QED) is 0.785. The fourth-order valence-electron chi connectivity index (χ4n) is 4.23. The average Bonchev–Trinajstić information content (AvgIpc) is 2.87. The molecule has 2 atom stereocenters. The zero-order valence-electron chi connectivity index (χ0n) is 16.1. The molecule has 2 saturated heterocycles. The van der Waals surface area contributed by atoms with Crippen LogP contribution in [-0.4, -0.2) is 72.1 Å². The van der Waals surface area contributed by atoms with Gasteiger partial charge >= 0.3 is 0 Å². The molecule has 8 nitrogen and oxygen atoms in total. The van der Waals surface area contributed by atoms with Gasteiger partial charge < -0.3 is 25.2 Å². The smallest absolute Gasteiger partial charge is 0.255 e. The van der Waals surface area contributed by atoms with Gasteiger partial charge in [0.15, 0.2) is 0 Å². The third kappa shape index (κ3) is 3.44. The van der Waals surface area contributed by atoms with Crippen molar-refractivity contribution >= 4 is 23.4 Å². The Bertz CT molecular complexity index is 792. The maximum Gasteiger partial charge on any atom is 0.255 e. The Labute approximate surface area is 164 Å². The van der Waals surface area contributed by atoms with Crippen molar-refractivity contribution in [1.82, 2.24) is 15.1 Å². The summed E-state index contributed by atoms with van der Waals surface area (Å²) in [6.07, 6.45) is 1.30. The summed E-state index contributed by atoms with van der Waals surface area (Å²) in [5, 5.41) is 6.49. The van der Waals surface area contributed by atoms with E-state index in [0.29, 0.717) is 51.3 Å². The molecule has 0 saturated carbocycles. The second kappa shape index (κ2) is 7.43. The van der Waals surface area contributed by atoms with Crippen molar-refractivity contribution < 1.29 is 19.1 Å². The van der Waals surface area contributed by atoms with Crippen LogP contribution in [0.25, 0.3) is 0 Å². The lowest BCUT2D eigenvalue weighted by atomic mass is 9.95. The molecule has 2 unspecified atom stereocenters. The second-order valence-electron chi connectivity index (χ2n) is 7.66. The summed E-state index contributed by atoms with van der Waals surface area (Å²) in [5.41, 5.74) is 0.721. The van der Waals surface area contributed by atoms with E-state index in [2.05, 4.69) is 10.6 Å². The van der Waals surface area contributed by atoms with Crippen LogP contribution in [-0.2, 0) is 14.3 Å². The summed E-state index contributed by atoms with van der Waals surface area (Å²) >= 11 is 0. The topological polar surface area (TPSA) is 91.0 Å². The predicted octanol–water partition coefficient (Wildman–Crippen LogP) is 0.798. The number of para-hydroxylation sites is 1. The van der Waals surface area contributed by atoms with Crippen molar-refractivity contribution in [3.63, 3.8) is 0 Å². The summed E-state index contributed by atoms with van der Waals surface area (Å²) in [6.45, 7) is 4.38. The van der Waals surface area contributed by atoms with Crippen molar-refractivity contribution in [3.05, 3.63) is 29.8 Å². The van der Waals surface area contributed by atoms with Crippen LogP contribution in [0.1, 0.15) is 36.5 Å². The number of hydrogen-bond donors (Lipinski definition) is 2. The molecule has 3 amide bonds. The maximum atomic E-state index is 12.8. The van der Waals surface area contributed by atoms with E-state index in [4.69, 9.17) is 4.74 Å². The Balaban J connectivity index is 1.49. The van der Waals surface area contributed by atoms with Gasteiger partial charge in [0.2, 0.25) is 11.8 Å². The summed E-state index contributed by atoms with van der Waals surface area (Å²) in [4.78, 5) is 41.6. The van der Waals surface area contributed by atoms with Crippen LogP contribution in [0.3, 0.4) is 0 Å². The number of ether oxygens (including phenoxy) is 1. The van der Waals surface area contributed by atoms with E-state index in [1.807, 2.05) is 18.2 Å². The first kappa shape index (κ1) is 18.7. The number of amides is 3. The number of rotatable bonds is 2. The van der Waals surface area contributed by atoms with Gasteiger partial charge in [0.05, 0.1) is 18.8 Å². The van der Waals surface area contributed by atoms with Crippen LogP contribution in [0, 0.1) is 0 Å². The molecule has 3 aliphatic heterocycles. The highest BCUT2D eigenvalue weighted by Gasteiger charge is 2.42. The normalized spacial score (nSPS) is 26.2. The molecule has 4 rings (SSSR count). The monoisotopic (exact) mass is 386 g/mol. The average molecular weight is 386 g/mol. The summed E-state index contributed by atoms with van der Waals surface area (Å²) < 4.78 is 5.31. The molecule has 0 bridgehead atoms. The standard InChI is InChI=1S/C20H26N4O4/c1-14(19(27)23-10-12-28-13-11-23)24-9-8-20(7-6-17(24)25)21-16-5-3-2-4-15(16)18(26)22-20/h2-5,14,21H,6-13H2,1H3,(H,22,26). The van der Waals surface area contributed by atoms with Crippen LogP contribution >= 0.6 is 0 Å². The van der Waals surface area contributed by atoms with E-state index in [0.717, 1.165) is 5.69 Å². The zero-order valence-corrected chi connectivity index (χ0v) is 16.1. The highest BCUT2D eigenvalue weighted by atomic mass is 16.5. The minimum Gasteiger partial charge on any atom is -0.378 e. The molecule has 150 valence electrons. The molecule has 3 heterocycles. The lowest BCUT2D eigenvalue weighted by molar-refractivity contribution is -0.147. The van der Waals surface area contributed by atoms with Crippen molar-refractivity contribution in [2.75, 3.05) is 38.2 Å². The van der Waals surface area contributed by atoms with Crippen molar-refractivity contribution in [2.24, 2.45) is 0 Å². The summed E-state index contributed by atoms with van der Waals surface area (Å²) in [6, 6.07) is 6.85. The number of nitrogens with one attached hydrogen (secondary N) is 2. The fraction of sp³-hybridized carbons (Fsp3) is 0.550. The lowest BCUT2D eigenvalue weighted by Crippen LogP contribution is -2.58. The minimum absolute atomic E-state index is 0.0430. The molecule has 0 aromatic heterocycles. The van der Waals surface area contributed by atoms with E-state index in [1.54, 1.807) is 22.8 Å². The first-order chi connectivity index (χ1) is 13.5. The van der Waals surface area contributed by atoms with Crippen LogP contribution in [0.5, 0.6) is 0 Å².